The van der Waals surface area contributed by atoms with E-state index in [0.29, 0.717) is 5.92 Å². The molecule has 1 saturated heterocycles. The fourth-order valence-electron chi connectivity index (χ4n) is 1.54. The SMILES string of the molecule is C/C=C1/CNCC(C)C1=NC.CC.O=CO. The molecule has 0 aromatic heterocycles. The Labute approximate surface area is 98.5 Å². The smallest absolute Gasteiger partial charge is 0.290 e. The molecule has 0 aromatic rings. The van der Waals surface area contributed by atoms with Gasteiger partial charge in [0.1, 0.15) is 0 Å². The second kappa shape index (κ2) is 11.9. The number of nitrogens with zero attached hydrogens (tertiary/aromatic N) is 1. The zero-order valence-electron chi connectivity index (χ0n) is 10.9. The van der Waals surface area contributed by atoms with E-state index in [0.717, 1.165) is 13.1 Å². The Kier molecular flexibility index (Phi) is 12.8. The average molecular weight is 228 g/mol. The van der Waals surface area contributed by atoms with Gasteiger partial charge in [0.05, 0.1) is 0 Å². The lowest BCUT2D eigenvalue weighted by Crippen LogP contribution is -2.37. The molecule has 0 aliphatic carbocycles. The number of piperidine rings is 1. The maximum atomic E-state index is 8.36. The molecule has 1 rings (SSSR count). The lowest BCUT2D eigenvalue weighted by atomic mass is 9.94. The van der Waals surface area contributed by atoms with Crippen LogP contribution in [-0.4, -0.2) is 37.4 Å². The van der Waals surface area contributed by atoms with E-state index in [4.69, 9.17) is 9.90 Å². The van der Waals surface area contributed by atoms with Crippen molar-refractivity contribution in [2.24, 2.45) is 10.9 Å². The lowest BCUT2D eigenvalue weighted by Gasteiger charge is -2.24. The van der Waals surface area contributed by atoms with E-state index in [2.05, 4.69) is 30.2 Å². The van der Waals surface area contributed by atoms with Gasteiger partial charge in [-0.3, -0.25) is 9.79 Å². The Hall–Kier alpha value is -1.16. The van der Waals surface area contributed by atoms with Gasteiger partial charge in [-0.05, 0) is 12.5 Å². The molecule has 4 heteroatoms. The molecule has 1 fully saturated rings. The van der Waals surface area contributed by atoms with E-state index in [1.165, 1.54) is 11.3 Å². The van der Waals surface area contributed by atoms with Crippen LogP contribution in [0, 0.1) is 5.92 Å². The van der Waals surface area contributed by atoms with Crippen molar-refractivity contribution >= 4 is 12.2 Å². The third-order valence-electron chi connectivity index (χ3n) is 2.15. The van der Waals surface area contributed by atoms with Gasteiger partial charge in [-0.2, -0.15) is 0 Å². The quantitative estimate of drug-likeness (QED) is 0.623. The van der Waals surface area contributed by atoms with E-state index in [-0.39, 0.29) is 6.47 Å². The number of nitrogens with one attached hydrogen (secondary N) is 1. The summed E-state index contributed by atoms with van der Waals surface area (Å²) in [6.45, 7) is 10.1. The van der Waals surface area contributed by atoms with Crippen LogP contribution in [0.4, 0.5) is 0 Å². The Morgan fingerprint density at radius 2 is 2.00 bits per heavy atom. The Morgan fingerprint density at radius 1 is 1.50 bits per heavy atom. The number of aliphatic imine (C=N–C) groups is 1. The molecular formula is C12H24N2O2. The van der Waals surface area contributed by atoms with Crippen LogP contribution < -0.4 is 5.32 Å². The van der Waals surface area contributed by atoms with Gasteiger partial charge in [-0.15, -0.1) is 0 Å². The van der Waals surface area contributed by atoms with Gasteiger partial charge < -0.3 is 10.4 Å². The first-order valence-corrected chi connectivity index (χ1v) is 5.62. The van der Waals surface area contributed by atoms with Gasteiger partial charge in [0.15, 0.2) is 0 Å². The number of carbonyl (C=O) groups is 1. The molecule has 1 aliphatic rings. The molecule has 1 unspecified atom stereocenters. The highest BCUT2D eigenvalue weighted by Crippen LogP contribution is 2.11. The van der Waals surface area contributed by atoms with Crippen LogP contribution in [0.5, 0.6) is 0 Å². The number of allylic oxidation sites excluding steroid dienone is 1. The molecule has 0 saturated carbocycles. The van der Waals surface area contributed by atoms with Crippen LogP contribution in [-0.2, 0) is 4.79 Å². The standard InChI is InChI=1S/C9H16N2.C2H6.CH2O2/c1-4-8-6-11-5-7(2)9(8)10-3;1-2;2-1-3/h4,7,11H,5-6H2,1-3H3;1-2H3;1H,(H,2,3)/b8-4-,10-9?;;. The van der Waals surface area contributed by atoms with E-state index in [1.54, 1.807) is 0 Å². The van der Waals surface area contributed by atoms with Crippen molar-refractivity contribution in [3.05, 3.63) is 11.6 Å². The summed E-state index contributed by atoms with van der Waals surface area (Å²) in [5.41, 5.74) is 2.62. The van der Waals surface area contributed by atoms with E-state index >= 15 is 0 Å². The number of carboxylic acid groups (broad SMARTS) is 1. The van der Waals surface area contributed by atoms with Crippen molar-refractivity contribution in [3.63, 3.8) is 0 Å². The van der Waals surface area contributed by atoms with Crippen LogP contribution in [0.2, 0.25) is 0 Å². The fourth-order valence-corrected chi connectivity index (χ4v) is 1.54. The molecular weight excluding hydrogens is 204 g/mol. The second-order valence-electron chi connectivity index (χ2n) is 3.06. The summed E-state index contributed by atoms with van der Waals surface area (Å²) in [7, 11) is 1.88. The molecule has 2 N–H and O–H groups in total. The molecule has 0 amide bonds. The predicted molar refractivity (Wildman–Crippen MR) is 69.2 cm³/mol. The highest BCUT2D eigenvalue weighted by atomic mass is 16.3. The zero-order valence-corrected chi connectivity index (χ0v) is 10.9. The first-order valence-electron chi connectivity index (χ1n) is 5.62. The first kappa shape index (κ1) is 17.2. The summed E-state index contributed by atoms with van der Waals surface area (Å²) >= 11 is 0. The minimum Gasteiger partial charge on any atom is -0.483 e. The maximum Gasteiger partial charge on any atom is 0.290 e. The minimum atomic E-state index is -0.250. The molecule has 0 spiro atoms. The summed E-state index contributed by atoms with van der Waals surface area (Å²) in [6, 6.07) is 0. The molecule has 1 aliphatic heterocycles. The highest BCUT2D eigenvalue weighted by Gasteiger charge is 2.18. The van der Waals surface area contributed by atoms with Crippen molar-refractivity contribution in [3.8, 4) is 0 Å². The summed E-state index contributed by atoms with van der Waals surface area (Å²) in [4.78, 5) is 12.7. The molecule has 16 heavy (non-hydrogen) atoms. The third-order valence-corrected chi connectivity index (χ3v) is 2.15. The van der Waals surface area contributed by atoms with Crippen molar-refractivity contribution in [1.29, 1.82) is 0 Å². The summed E-state index contributed by atoms with van der Waals surface area (Å²) < 4.78 is 0. The molecule has 94 valence electrons. The Bertz CT molecular complexity index is 235. The van der Waals surface area contributed by atoms with Crippen LogP contribution in [0.1, 0.15) is 27.7 Å². The summed E-state index contributed by atoms with van der Waals surface area (Å²) in [5.74, 6) is 0.569. The van der Waals surface area contributed by atoms with E-state index in [9.17, 15) is 0 Å². The van der Waals surface area contributed by atoms with E-state index < -0.39 is 0 Å². The van der Waals surface area contributed by atoms with Crippen molar-refractivity contribution < 1.29 is 9.90 Å². The topological polar surface area (TPSA) is 61.7 Å². The Morgan fingerprint density at radius 3 is 2.31 bits per heavy atom. The molecule has 1 atom stereocenters. The van der Waals surface area contributed by atoms with Crippen molar-refractivity contribution in [1.82, 2.24) is 5.32 Å². The Balaban J connectivity index is 0. The number of hydrogen-bond donors (Lipinski definition) is 2. The van der Waals surface area contributed by atoms with Gasteiger partial charge in [-0.1, -0.05) is 26.8 Å². The second-order valence-corrected chi connectivity index (χ2v) is 3.06. The zero-order chi connectivity index (χ0) is 13.0. The van der Waals surface area contributed by atoms with Crippen molar-refractivity contribution in [2.45, 2.75) is 27.7 Å². The normalized spacial score (nSPS) is 23.9. The monoisotopic (exact) mass is 228 g/mol. The first-order chi connectivity index (χ1) is 7.71. The lowest BCUT2D eigenvalue weighted by molar-refractivity contribution is -0.122. The van der Waals surface area contributed by atoms with Crippen LogP contribution >= 0.6 is 0 Å². The third kappa shape index (κ3) is 6.35. The predicted octanol–water partition coefficient (Wildman–Crippen LogP) is 1.97. The minimum absolute atomic E-state index is 0.250. The molecule has 1 heterocycles. The van der Waals surface area contributed by atoms with Gasteiger partial charge in [0.25, 0.3) is 6.47 Å². The van der Waals surface area contributed by atoms with Crippen LogP contribution in [0.25, 0.3) is 0 Å². The highest BCUT2D eigenvalue weighted by molar-refractivity contribution is 6.02. The average Bonchev–Trinajstić information content (AvgIpc) is 2.32. The van der Waals surface area contributed by atoms with Gasteiger partial charge in [0.2, 0.25) is 0 Å². The van der Waals surface area contributed by atoms with E-state index in [1.807, 2.05) is 20.9 Å². The van der Waals surface area contributed by atoms with Crippen molar-refractivity contribution in [2.75, 3.05) is 20.1 Å². The maximum absolute atomic E-state index is 8.36. The van der Waals surface area contributed by atoms with Gasteiger partial charge in [0, 0.05) is 31.8 Å². The number of hydrogen-bond acceptors (Lipinski definition) is 3. The fraction of sp³-hybridized carbons (Fsp3) is 0.667. The van der Waals surface area contributed by atoms with Crippen LogP contribution in [0.3, 0.4) is 0 Å². The molecule has 4 nitrogen and oxygen atoms in total. The number of rotatable bonds is 0. The largest absolute Gasteiger partial charge is 0.483 e. The molecule has 0 bridgehead atoms. The van der Waals surface area contributed by atoms with Gasteiger partial charge in [-0.25, -0.2) is 0 Å². The van der Waals surface area contributed by atoms with Crippen LogP contribution in [0.15, 0.2) is 16.6 Å². The summed E-state index contributed by atoms with van der Waals surface area (Å²) in [6.07, 6.45) is 2.14. The van der Waals surface area contributed by atoms with Gasteiger partial charge >= 0.3 is 0 Å². The molecule has 0 radical (unpaired) electrons. The molecule has 0 aromatic carbocycles. The summed E-state index contributed by atoms with van der Waals surface area (Å²) in [5, 5.41) is 10.2.